The van der Waals surface area contributed by atoms with Gasteiger partial charge in [0.1, 0.15) is 5.82 Å². The number of para-hydroxylation sites is 3. The second kappa shape index (κ2) is 14.1. The quantitative estimate of drug-likeness (QED) is 0.207. The number of rotatable bonds is 5. The van der Waals surface area contributed by atoms with Crippen LogP contribution in [-0.4, -0.2) is 22.8 Å². The minimum absolute atomic E-state index is 0.250. The SMILES string of the molecule is CC.Cc1ccccc1-n1c(N(C)c2ccccc2)c(-c2ccccc2)c2cc(-c3ccc4[nH]c5ccccc5c4c3)ccc21.O=C=O. The maximum absolute atomic E-state index is 8.12. The van der Waals surface area contributed by atoms with Gasteiger partial charge < -0.3 is 9.88 Å². The van der Waals surface area contributed by atoms with E-state index < -0.39 is 0 Å². The number of benzene rings is 6. The van der Waals surface area contributed by atoms with Crippen LogP contribution in [0.5, 0.6) is 0 Å². The first-order valence-electron chi connectivity index (χ1n) is 16.2. The van der Waals surface area contributed by atoms with E-state index in [2.05, 4.69) is 174 Å². The number of carbonyl (C=O) groups excluding carboxylic acids is 2. The maximum Gasteiger partial charge on any atom is 0.373 e. The van der Waals surface area contributed by atoms with Gasteiger partial charge in [-0.05, 0) is 77.7 Å². The number of hydrogen-bond acceptors (Lipinski definition) is 3. The van der Waals surface area contributed by atoms with Gasteiger partial charge in [-0.3, -0.25) is 4.57 Å². The van der Waals surface area contributed by atoms with E-state index in [1.165, 1.54) is 60.7 Å². The minimum Gasteiger partial charge on any atom is -0.355 e. The number of fused-ring (bicyclic) bond motifs is 4. The summed E-state index contributed by atoms with van der Waals surface area (Å²) in [5.74, 6) is 1.14. The number of anilines is 2. The number of H-pyrrole nitrogens is 1. The van der Waals surface area contributed by atoms with Gasteiger partial charge in [0.2, 0.25) is 0 Å². The number of hydrogen-bond donors (Lipinski definition) is 1. The Morgan fingerprint density at radius 3 is 1.85 bits per heavy atom. The molecular weight excluding hydrogens is 590 g/mol. The summed E-state index contributed by atoms with van der Waals surface area (Å²) in [6, 6.07) is 52.4. The lowest BCUT2D eigenvalue weighted by Gasteiger charge is -2.24. The molecule has 0 radical (unpaired) electrons. The Balaban J connectivity index is 0.000000762. The summed E-state index contributed by atoms with van der Waals surface area (Å²) >= 11 is 0. The molecule has 6 aromatic carbocycles. The Morgan fingerprint density at radius 2 is 1.15 bits per heavy atom. The molecule has 0 amide bonds. The molecule has 0 spiro atoms. The summed E-state index contributed by atoms with van der Waals surface area (Å²) in [5.41, 5.74) is 11.9. The zero-order valence-electron chi connectivity index (χ0n) is 27.6. The smallest absolute Gasteiger partial charge is 0.355 e. The van der Waals surface area contributed by atoms with Crippen LogP contribution in [-0.2, 0) is 9.59 Å². The molecule has 236 valence electrons. The number of nitrogens with one attached hydrogen (secondary N) is 1. The predicted octanol–water partition coefficient (Wildman–Crippen LogP) is 11.1. The van der Waals surface area contributed by atoms with Crippen LogP contribution in [0.25, 0.3) is 60.6 Å². The summed E-state index contributed by atoms with van der Waals surface area (Å²) in [6.07, 6.45) is 0.250. The van der Waals surface area contributed by atoms with Crippen molar-refractivity contribution >= 4 is 50.4 Å². The summed E-state index contributed by atoms with van der Waals surface area (Å²) < 4.78 is 2.44. The first-order chi connectivity index (χ1) is 23.6. The van der Waals surface area contributed by atoms with Gasteiger partial charge in [0, 0.05) is 45.5 Å². The standard InChI is InChI=1S/C40H31N3.C2H6.CO2/c1-27-13-9-12-20-37(27)43-38-24-22-30(29-21-23-36-33(25-29)32-18-10-11-19-35(32)41-36)26-34(38)39(28-14-5-3-6-15-28)40(43)42(2)31-16-7-4-8-17-31;1-2;2-1-3/h3-26,41H,1-2H3;1-2H3;. The lowest BCUT2D eigenvalue weighted by molar-refractivity contribution is -0.191. The maximum atomic E-state index is 8.12. The molecule has 48 heavy (non-hydrogen) atoms. The highest BCUT2D eigenvalue weighted by molar-refractivity contribution is 6.10. The van der Waals surface area contributed by atoms with Gasteiger partial charge in [-0.15, -0.1) is 0 Å². The van der Waals surface area contributed by atoms with Crippen LogP contribution in [0.1, 0.15) is 19.4 Å². The number of aromatic amines is 1. The summed E-state index contributed by atoms with van der Waals surface area (Å²) in [5, 5.41) is 3.73. The summed E-state index contributed by atoms with van der Waals surface area (Å²) in [6.45, 7) is 6.19. The third-order valence-corrected chi connectivity index (χ3v) is 8.66. The number of aryl methyl sites for hydroxylation is 1. The lowest BCUT2D eigenvalue weighted by Crippen LogP contribution is -2.15. The van der Waals surface area contributed by atoms with Crippen molar-refractivity contribution in [2.45, 2.75) is 20.8 Å². The molecule has 0 aliphatic carbocycles. The van der Waals surface area contributed by atoms with Crippen LogP contribution in [0.3, 0.4) is 0 Å². The fourth-order valence-electron chi connectivity index (χ4n) is 6.52. The largest absolute Gasteiger partial charge is 0.373 e. The van der Waals surface area contributed by atoms with E-state index in [0.717, 1.165) is 17.0 Å². The second-order valence-corrected chi connectivity index (χ2v) is 11.3. The molecular formula is C43H37N3O2. The second-order valence-electron chi connectivity index (χ2n) is 11.3. The zero-order valence-corrected chi connectivity index (χ0v) is 27.6. The van der Waals surface area contributed by atoms with Crippen LogP contribution >= 0.6 is 0 Å². The minimum atomic E-state index is 0.250. The first kappa shape index (κ1) is 31.8. The van der Waals surface area contributed by atoms with E-state index in [4.69, 9.17) is 9.59 Å². The van der Waals surface area contributed by atoms with Gasteiger partial charge in [0.15, 0.2) is 0 Å². The molecule has 0 bridgehead atoms. The number of aromatic nitrogens is 2. The Hall–Kier alpha value is -6.16. The number of nitrogens with zero attached hydrogens (tertiary/aromatic N) is 2. The topological polar surface area (TPSA) is 58.1 Å². The fraction of sp³-hybridized carbons (Fsp3) is 0.0930. The van der Waals surface area contributed by atoms with Crippen molar-refractivity contribution < 1.29 is 9.59 Å². The molecule has 8 aromatic rings. The molecule has 2 aromatic heterocycles. The lowest BCUT2D eigenvalue weighted by atomic mass is 9.98. The monoisotopic (exact) mass is 627 g/mol. The van der Waals surface area contributed by atoms with Gasteiger partial charge in [0.25, 0.3) is 0 Å². The summed E-state index contributed by atoms with van der Waals surface area (Å²) in [4.78, 5) is 22.1. The fourth-order valence-corrected chi connectivity index (χ4v) is 6.52. The Labute approximate surface area is 280 Å². The molecule has 0 fully saturated rings. The Morgan fingerprint density at radius 1 is 0.583 bits per heavy atom. The van der Waals surface area contributed by atoms with Crippen molar-refractivity contribution in [3.63, 3.8) is 0 Å². The van der Waals surface area contributed by atoms with Crippen LogP contribution in [0.4, 0.5) is 11.5 Å². The molecule has 0 unspecified atom stereocenters. The normalized spacial score (nSPS) is 10.6. The van der Waals surface area contributed by atoms with Crippen LogP contribution < -0.4 is 4.90 Å². The highest BCUT2D eigenvalue weighted by Crippen LogP contribution is 2.46. The van der Waals surface area contributed by atoms with Crippen molar-refractivity contribution in [1.29, 1.82) is 0 Å². The molecule has 0 saturated heterocycles. The van der Waals surface area contributed by atoms with Crippen molar-refractivity contribution in [1.82, 2.24) is 9.55 Å². The average Bonchev–Trinajstić information content (AvgIpc) is 3.69. The molecule has 5 heteroatoms. The average molecular weight is 628 g/mol. The van der Waals surface area contributed by atoms with Crippen LogP contribution in [0, 0.1) is 6.92 Å². The van der Waals surface area contributed by atoms with E-state index in [-0.39, 0.29) is 6.15 Å². The van der Waals surface area contributed by atoms with Gasteiger partial charge in [-0.1, -0.05) is 111 Å². The third-order valence-electron chi connectivity index (χ3n) is 8.66. The highest BCUT2D eigenvalue weighted by atomic mass is 16.2. The van der Waals surface area contributed by atoms with Crippen LogP contribution in [0.2, 0.25) is 0 Å². The van der Waals surface area contributed by atoms with Crippen molar-refractivity contribution in [2.75, 3.05) is 11.9 Å². The predicted molar refractivity (Wildman–Crippen MR) is 199 cm³/mol. The van der Waals surface area contributed by atoms with Crippen molar-refractivity contribution in [3.05, 3.63) is 151 Å². The molecule has 0 atom stereocenters. The van der Waals surface area contributed by atoms with Crippen LogP contribution in [0.15, 0.2) is 146 Å². The van der Waals surface area contributed by atoms with Gasteiger partial charge in [0.05, 0.1) is 11.2 Å². The molecule has 0 aliphatic heterocycles. The Bertz CT molecular complexity index is 2360. The Kier molecular flexibility index (Phi) is 9.33. The molecule has 5 nitrogen and oxygen atoms in total. The van der Waals surface area contributed by atoms with Crippen molar-refractivity contribution in [2.24, 2.45) is 0 Å². The molecule has 1 N–H and O–H groups in total. The van der Waals surface area contributed by atoms with E-state index in [1.807, 2.05) is 13.8 Å². The highest BCUT2D eigenvalue weighted by Gasteiger charge is 2.24. The zero-order chi connectivity index (χ0) is 33.6. The van der Waals surface area contributed by atoms with Gasteiger partial charge >= 0.3 is 6.15 Å². The molecule has 0 saturated carbocycles. The molecule has 0 aliphatic rings. The van der Waals surface area contributed by atoms with Crippen molar-refractivity contribution in [3.8, 4) is 27.9 Å². The van der Waals surface area contributed by atoms with E-state index in [0.29, 0.717) is 0 Å². The third kappa shape index (κ3) is 5.79. The molecule has 8 rings (SSSR count). The van der Waals surface area contributed by atoms with E-state index in [1.54, 1.807) is 0 Å². The van der Waals surface area contributed by atoms with Gasteiger partial charge in [-0.2, -0.15) is 9.59 Å². The van der Waals surface area contributed by atoms with Gasteiger partial charge in [-0.25, -0.2) is 0 Å². The molecule has 2 heterocycles. The summed E-state index contributed by atoms with van der Waals surface area (Å²) in [7, 11) is 2.18. The van der Waals surface area contributed by atoms with E-state index >= 15 is 0 Å². The first-order valence-corrected chi connectivity index (χ1v) is 16.2. The van der Waals surface area contributed by atoms with E-state index in [9.17, 15) is 0 Å².